The summed E-state index contributed by atoms with van der Waals surface area (Å²) in [6, 6.07) is 5.23. The molecule has 0 atom stereocenters. The number of aliphatic hydroxyl groups is 1. The standard InChI is InChI=1S/C13H18O3S2/c1-3-18-8-4-7-16-10-5-6-11(13(14)17)12(9-10)15-2/h5-6,9H,3-4,7-8H2,1-2H3,(H,14,17). The monoisotopic (exact) mass is 286 g/mol. The molecule has 1 aromatic carbocycles. The van der Waals surface area contributed by atoms with Crippen molar-refractivity contribution in [3.63, 3.8) is 0 Å². The van der Waals surface area contributed by atoms with Gasteiger partial charge in [0.25, 0.3) is 0 Å². The largest absolute Gasteiger partial charge is 0.498 e. The van der Waals surface area contributed by atoms with Crippen molar-refractivity contribution in [3.8, 4) is 11.5 Å². The van der Waals surface area contributed by atoms with E-state index < -0.39 is 0 Å². The Hall–Kier alpha value is -0.940. The van der Waals surface area contributed by atoms with Gasteiger partial charge in [0, 0.05) is 6.07 Å². The van der Waals surface area contributed by atoms with Gasteiger partial charge < -0.3 is 14.6 Å². The van der Waals surface area contributed by atoms with E-state index in [1.807, 2.05) is 11.8 Å². The number of methoxy groups -OCH3 is 1. The van der Waals surface area contributed by atoms with Crippen molar-refractivity contribution in [2.45, 2.75) is 13.3 Å². The van der Waals surface area contributed by atoms with Crippen molar-refractivity contribution < 1.29 is 14.6 Å². The van der Waals surface area contributed by atoms with E-state index in [1.165, 1.54) is 0 Å². The molecule has 0 saturated carbocycles. The lowest BCUT2D eigenvalue weighted by molar-refractivity contribution is 0.315. The van der Waals surface area contributed by atoms with Crippen molar-refractivity contribution in [1.29, 1.82) is 0 Å². The van der Waals surface area contributed by atoms with Crippen molar-refractivity contribution in [1.82, 2.24) is 0 Å². The average Bonchev–Trinajstić information content (AvgIpc) is 2.38. The van der Waals surface area contributed by atoms with Crippen LogP contribution in [0.2, 0.25) is 0 Å². The molecule has 100 valence electrons. The number of hydrogen-bond acceptors (Lipinski definition) is 4. The molecule has 18 heavy (non-hydrogen) atoms. The van der Waals surface area contributed by atoms with Gasteiger partial charge in [-0.1, -0.05) is 6.92 Å². The van der Waals surface area contributed by atoms with Crippen molar-refractivity contribution in [3.05, 3.63) is 23.8 Å². The zero-order chi connectivity index (χ0) is 13.4. The first-order valence-corrected chi connectivity index (χ1v) is 7.37. The van der Waals surface area contributed by atoms with Crippen LogP contribution in [0, 0.1) is 0 Å². The molecule has 1 rings (SSSR count). The molecule has 1 aromatic rings. The summed E-state index contributed by atoms with van der Waals surface area (Å²) in [4.78, 5) is 0. The number of benzene rings is 1. The first-order valence-electron chi connectivity index (χ1n) is 5.81. The summed E-state index contributed by atoms with van der Waals surface area (Å²) in [6.07, 6.45) is 1.01. The second-order valence-electron chi connectivity index (χ2n) is 3.57. The Bertz CT molecular complexity index is 394. The molecule has 0 heterocycles. The zero-order valence-electron chi connectivity index (χ0n) is 10.6. The fourth-order valence-electron chi connectivity index (χ4n) is 1.43. The van der Waals surface area contributed by atoms with Crippen LogP contribution in [0.3, 0.4) is 0 Å². The second kappa shape index (κ2) is 8.21. The average molecular weight is 286 g/mol. The molecule has 0 saturated heterocycles. The van der Waals surface area contributed by atoms with Gasteiger partial charge in [0.1, 0.15) is 11.5 Å². The molecule has 0 amide bonds. The van der Waals surface area contributed by atoms with Crippen molar-refractivity contribution >= 4 is 29.0 Å². The van der Waals surface area contributed by atoms with Gasteiger partial charge in [-0.05, 0) is 42.3 Å². The van der Waals surface area contributed by atoms with Crippen LogP contribution >= 0.6 is 24.0 Å². The lowest BCUT2D eigenvalue weighted by Gasteiger charge is -2.10. The Kier molecular flexibility index (Phi) is 6.90. The molecule has 0 spiro atoms. The van der Waals surface area contributed by atoms with Gasteiger partial charge in [-0.15, -0.1) is 0 Å². The summed E-state index contributed by atoms with van der Waals surface area (Å²) < 4.78 is 10.8. The minimum absolute atomic E-state index is 0.169. The first-order chi connectivity index (χ1) is 8.69. The normalized spacial score (nSPS) is 10.1. The van der Waals surface area contributed by atoms with Crippen LogP contribution in [0.15, 0.2) is 18.2 Å². The maximum atomic E-state index is 9.31. The Morgan fingerprint density at radius 1 is 1.44 bits per heavy atom. The Labute approximate surface area is 117 Å². The van der Waals surface area contributed by atoms with Crippen LogP contribution in [0.25, 0.3) is 0 Å². The van der Waals surface area contributed by atoms with E-state index >= 15 is 0 Å². The molecular weight excluding hydrogens is 268 g/mol. The molecule has 3 nitrogen and oxygen atoms in total. The molecule has 0 radical (unpaired) electrons. The van der Waals surface area contributed by atoms with E-state index in [-0.39, 0.29) is 5.05 Å². The highest BCUT2D eigenvalue weighted by Crippen LogP contribution is 2.25. The zero-order valence-corrected chi connectivity index (χ0v) is 12.3. The predicted octanol–water partition coefficient (Wildman–Crippen LogP) is 3.45. The summed E-state index contributed by atoms with van der Waals surface area (Å²) in [5.74, 6) is 3.50. The summed E-state index contributed by atoms with van der Waals surface area (Å²) in [5.41, 5.74) is 0.515. The van der Waals surface area contributed by atoms with Crippen LogP contribution < -0.4 is 9.47 Å². The van der Waals surface area contributed by atoms with Gasteiger partial charge in [-0.3, -0.25) is 0 Å². The molecule has 0 aliphatic heterocycles. The van der Waals surface area contributed by atoms with Gasteiger partial charge in [0.15, 0.2) is 5.05 Å². The molecule has 0 aliphatic rings. The van der Waals surface area contributed by atoms with Crippen LogP contribution in [0.4, 0.5) is 0 Å². The highest BCUT2D eigenvalue weighted by molar-refractivity contribution is 7.99. The third-order valence-corrected chi connectivity index (χ3v) is 3.51. The number of rotatable bonds is 8. The number of thiocarbonyl (C=S) groups is 1. The number of aliphatic hydroxyl groups excluding tert-OH is 1. The second-order valence-corrected chi connectivity index (χ2v) is 5.35. The predicted molar refractivity (Wildman–Crippen MR) is 80.4 cm³/mol. The fraction of sp³-hybridized carbons (Fsp3) is 0.462. The molecule has 0 fully saturated rings. The Morgan fingerprint density at radius 2 is 2.22 bits per heavy atom. The van der Waals surface area contributed by atoms with E-state index in [1.54, 1.807) is 25.3 Å². The molecule has 1 N–H and O–H groups in total. The third-order valence-electron chi connectivity index (χ3n) is 2.31. The smallest absolute Gasteiger partial charge is 0.192 e. The fourth-order valence-corrected chi connectivity index (χ4v) is 2.21. The molecule has 0 aliphatic carbocycles. The summed E-state index contributed by atoms with van der Waals surface area (Å²) >= 11 is 6.63. The van der Waals surface area contributed by atoms with E-state index in [0.29, 0.717) is 17.9 Å². The molecule has 0 aromatic heterocycles. The van der Waals surface area contributed by atoms with Crippen LogP contribution in [-0.4, -0.2) is 35.4 Å². The highest BCUT2D eigenvalue weighted by atomic mass is 32.2. The van der Waals surface area contributed by atoms with Crippen molar-refractivity contribution in [2.75, 3.05) is 25.2 Å². The quantitative estimate of drug-likeness (QED) is 0.585. The van der Waals surface area contributed by atoms with Gasteiger partial charge in [-0.2, -0.15) is 11.8 Å². The molecule has 5 heteroatoms. The van der Waals surface area contributed by atoms with Gasteiger partial charge >= 0.3 is 0 Å². The van der Waals surface area contributed by atoms with Crippen LogP contribution in [0.1, 0.15) is 18.9 Å². The summed E-state index contributed by atoms with van der Waals surface area (Å²) in [6.45, 7) is 2.83. The first kappa shape index (κ1) is 15.1. The number of hydrogen-bond donors (Lipinski definition) is 1. The van der Waals surface area contributed by atoms with Gasteiger partial charge in [-0.25, -0.2) is 0 Å². The SMILES string of the molecule is CCSCCCOc1ccc(C(O)=S)c(OC)c1. The lowest BCUT2D eigenvalue weighted by Crippen LogP contribution is -2.02. The van der Waals surface area contributed by atoms with E-state index in [2.05, 4.69) is 6.92 Å². The maximum absolute atomic E-state index is 9.31. The third kappa shape index (κ3) is 4.74. The maximum Gasteiger partial charge on any atom is 0.192 e. The summed E-state index contributed by atoms with van der Waals surface area (Å²) in [5, 5.41) is 9.14. The number of thioether (sulfide) groups is 1. The number of ether oxygens (including phenoxy) is 2. The minimum Gasteiger partial charge on any atom is -0.498 e. The van der Waals surface area contributed by atoms with Gasteiger partial charge in [0.2, 0.25) is 0 Å². The molecule has 0 bridgehead atoms. The van der Waals surface area contributed by atoms with E-state index in [0.717, 1.165) is 23.7 Å². The lowest BCUT2D eigenvalue weighted by atomic mass is 10.2. The highest BCUT2D eigenvalue weighted by Gasteiger charge is 2.08. The Morgan fingerprint density at radius 3 is 2.83 bits per heavy atom. The van der Waals surface area contributed by atoms with Crippen molar-refractivity contribution in [2.24, 2.45) is 0 Å². The summed E-state index contributed by atoms with van der Waals surface area (Å²) in [7, 11) is 1.54. The Balaban J connectivity index is 2.54. The minimum atomic E-state index is -0.169. The van der Waals surface area contributed by atoms with Crippen LogP contribution in [0.5, 0.6) is 11.5 Å². The van der Waals surface area contributed by atoms with E-state index in [9.17, 15) is 5.11 Å². The van der Waals surface area contributed by atoms with Gasteiger partial charge in [0.05, 0.1) is 19.3 Å². The van der Waals surface area contributed by atoms with Crippen LogP contribution in [-0.2, 0) is 0 Å². The topological polar surface area (TPSA) is 38.7 Å². The molecular formula is C13H18O3S2. The van der Waals surface area contributed by atoms with E-state index in [4.69, 9.17) is 21.7 Å². The molecule has 0 unspecified atom stereocenters.